The van der Waals surface area contributed by atoms with Gasteiger partial charge < -0.3 is 32.5 Å². The molecule has 0 unspecified atom stereocenters. The summed E-state index contributed by atoms with van der Waals surface area (Å²) < 4.78 is 45.7. The van der Waals surface area contributed by atoms with Crippen molar-refractivity contribution >= 4 is 28.4 Å². The van der Waals surface area contributed by atoms with Crippen LogP contribution in [0.5, 0.6) is 0 Å². The minimum absolute atomic E-state index is 0.00560. The predicted molar refractivity (Wildman–Crippen MR) is 210 cm³/mol. The third-order valence-corrected chi connectivity index (χ3v) is 21.2. The van der Waals surface area contributed by atoms with Crippen LogP contribution in [0.4, 0.5) is 0 Å². The Hall–Kier alpha value is -0.926. The van der Waals surface area contributed by atoms with E-state index in [1.807, 2.05) is 75.3 Å². The van der Waals surface area contributed by atoms with E-state index in [4.69, 9.17) is 32.5 Å². The SMILES string of the molecule is CC[C@@H](O[Si](C)(C)C(C)(C)C)[C@@]1(C)OC(C)(C)O[C@@H]1[C@@H](C)C(=O)/C(C)=C/[C@@]1(C)OC(C)(C)O[C@@H]1[C@@H](C)[C@H](O[Si](C)(C)C(C)(C)C)[C@@H](C)C(=O)OC. The van der Waals surface area contributed by atoms with Gasteiger partial charge in [0.25, 0.3) is 0 Å². The first-order valence-corrected chi connectivity index (χ1v) is 24.9. The highest BCUT2D eigenvalue weighted by molar-refractivity contribution is 6.74. The van der Waals surface area contributed by atoms with Crippen LogP contribution in [-0.4, -0.2) is 82.7 Å². The number of methoxy groups -OCH3 is 1. The van der Waals surface area contributed by atoms with Crippen LogP contribution in [-0.2, 0) is 42.1 Å². The van der Waals surface area contributed by atoms with Crippen molar-refractivity contribution in [3.05, 3.63) is 11.6 Å². The van der Waals surface area contributed by atoms with E-state index >= 15 is 0 Å². The second-order valence-corrected chi connectivity index (χ2v) is 29.2. The van der Waals surface area contributed by atoms with Gasteiger partial charge in [-0.05, 0) is 110 Å². The lowest BCUT2D eigenvalue weighted by Gasteiger charge is -2.45. The molecule has 0 spiro atoms. The quantitative estimate of drug-likeness (QED) is 0.0975. The van der Waals surface area contributed by atoms with Crippen molar-refractivity contribution in [1.82, 2.24) is 0 Å². The highest BCUT2D eigenvalue weighted by Crippen LogP contribution is 2.49. The normalized spacial score (nSPS) is 30.4. The third kappa shape index (κ3) is 10.0. The molecular weight excluding hydrogens is 681 g/mol. The number of rotatable bonds is 14. The molecule has 2 fully saturated rings. The second kappa shape index (κ2) is 15.3. The molecule has 2 saturated heterocycles. The minimum Gasteiger partial charge on any atom is -0.469 e. The Morgan fingerprint density at radius 2 is 1.24 bits per heavy atom. The molecule has 0 amide bonds. The van der Waals surface area contributed by atoms with Gasteiger partial charge in [0.2, 0.25) is 0 Å². The van der Waals surface area contributed by atoms with Crippen LogP contribution in [0.3, 0.4) is 0 Å². The Morgan fingerprint density at radius 3 is 1.69 bits per heavy atom. The molecule has 0 radical (unpaired) electrons. The zero-order valence-corrected chi connectivity index (χ0v) is 38.5. The van der Waals surface area contributed by atoms with Crippen LogP contribution in [0.1, 0.15) is 124 Å². The van der Waals surface area contributed by atoms with Crippen molar-refractivity contribution in [3.63, 3.8) is 0 Å². The summed E-state index contributed by atoms with van der Waals surface area (Å²) in [7, 11) is -3.11. The van der Waals surface area contributed by atoms with E-state index in [2.05, 4.69) is 74.7 Å². The van der Waals surface area contributed by atoms with Crippen LogP contribution >= 0.6 is 0 Å². The number of carbonyl (C=O) groups is 2. The van der Waals surface area contributed by atoms with E-state index < -0.39 is 69.6 Å². The van der Waals surface area contributed by atoms with Crippen molar-refractivity contribution in [3.8, 4) is 0 Å². The van der Waals surface area contributed by atoms with Gasteiger partial charge in [-0.1, -0.05) is 62.3 Å². The molecule has 0 bridgehead atoms. The standard InChI is InChI=1S/C40H76O9Si2/c1-23-29(46-50(19,20)35(6,7)8)40(17)33(45-38(14,15)49-40)26(3)30(41)25(2)24-39(16)32(44-37(12,13)48-39)27(4)31(28(5)34(42)43-18)47-51(21,22)36(9,10)11/h24,26-29,31-33H,23H2,1-22H3/b25-24+/t26-,27-,28+,29+,31-,32+,33+,39+,40+/m0/s1. The molecule has 51 heavy (non-hydrogen) atoms. The Kier molecular flexibility index (Phi) is 13.9. The first-order chi connectivity index (χ1) is 22.6. The largest absolute Gasteiger partial charge is 0.469 e. The summed E-state index contributed by atoms with van der Waals surface area (Å²) in [4.78, 5) is 27.5. The predicted octanol–water partition coefficient (Wildman–Crippen LogP) is 9.59. The van der Waals surface area contributed by atoms with Gasteiger partial charge in [0, 0.05) is 11.8 Å². The average molecular weight is 757 g/mol. The lowest BCUT2D eigenvalue weighted by atomic mass is 9.78. The summed E-state index contributed by atoms with van der Waals surface area (Å²) >= 11 is 0. The van der Waals surface area contributed by atoms with Crippen LogP contribution in [0.2, 0.25) is 36.3 Å². The molecule has 0 aliphatic carbocycles. The number of ketones is 1. The number of esters is 1. The first kappa shape index (κ1) is 46.2. The van der Waals surface area contributed by atoms with E-state index in [0.29, 0.717) is 12.0 Å². The molecule has 0 aromatic carbocycles. The van der Waals surface area contributed by atoms with Gasteiger partial charge in [-0.3, -0.25) is 9.59 Å². The number of allylic oxidation sites excluding steroid dienone is 1. The number of ether oxygens (including phenoxy) is 5. The van der Waals surface area contributed by atoms with E-state index in [9.17, 15) is 9.59 Å². The Bertz CT molecular complexity index is 1280. The molecule has 2 aliphatic rings. The summed E-state index contributed by atoms with van der Waals surface area (Å²) in [5.41, 5.74) is -1.34. The van der Waals surface area contributed by atoms with Gasteiger partial charge in [0.05, 0.1) is 31.3 Å². The fourth-order valence-corrected chi connectivity index (χ4v) is 10.4. The number of hydrogen-bond acceptors (Lipinski definition) is 9. The summed E-state index contributed by atoms with van der Waals surface area (Å²) in [6.45, 7) is 43.4. The summed E-state index contributed by atoms with van der Waals surface area (Å²) in [5.74, 6) is -3.65. The Balaban J connectivity index is 2.57. The zero-order chi connectivity index (χ0) is 40.1. The smallest absolute Gasteiger partial charge is 0.310 e. The monoisotopic (exact) mass is 757 g/mol. The van der Waals surface area contributed by atoms with Crippen molar-refractivity contribution in [1.29, 1.82) is 0 Å². The molecule has 0 saturated carbocycles. The van der Waals surface area contributed by atoms with Gasteiger partial charge in [0.15, 0.2) is 34.0 Å². The van der Waals surface area contributed by atoms with Gasteiger partial charge >= 0.3 is 5.97 Å². The Labute approximate surface area is 313 Å². The number of carbonyl (C=O) groups excluding carboxylic acids is 2. The summed E-state index contributed by atoms with van der Waals surface area (Å²) in [6.07, 6.45) is 0.743. The molecule has 9 atom stereocenters. The lowest BCUT2D eigenvalue weighted by molar-refractivity contribution is -0.177. The molecular formula is C40H76O9Si2. The van der Waals surface area contributed by atoms with E-state index in [-0.39, 0.29) is 33.9 Å². The van der Waals surface area contributed by atoms with Gasteiger partial charge in [-0.2, -0.15) is 0 Å². The molecule has 2 heterocycles. The van der Waals surface area contributed by atoms with Crippen LogP contribution < -0.4 is 0 Å². The number of Topliss-reactive ketones (excluding diaryl/α,β-unsaturated/α-hetero) is 1. The summed E-state index contributed by atoms with van der Waals surface area (Å²) in [5, 5.41) is -0.0806. The first-order valence-electron chi connectivity index (χ1n) is 19.0. The highest BCUT2D eigenvalue weighted by Gasteiger charge is 2.60. The van der Waals surface area contributed by atoms with Crippen molar-refractivity contribution in [2.75, 3.05) is 7.11 Å². The second-order valence-electron chi connectivity index (χ2n) is 19.7. The maximum absolute atomic E-state index is 14.5. The fourth-order valence-electron chi connectivity index (χ4n) is 7.47. The highest BCUT2D eigenvalue weighted by atomic mass is 28.4. The van der Waals surface area contributed by atoms with Crippen LogP contribution in [0, 0.1) is 17.8 Å². The molecule has 2 rings (SSSR count). The molecule has 0 aromatic heterocycles. The molecule has 9 nitrogen and oxygen atoms in total. The maximum Gasteiger partial charge on any atom is 0.310 e. The van der Waals surface area contributed by atoms with Gasteiger partial charge in [-0.15, -0.1) is 0 Å². The number of hydrogen-bond donors (Lipinski definition) is 0. The Morgan fingerprint density at radius 1 is 0.784 bits per heavy atom. The lowest BCUT2D eigenvalue weighted by Crippen LogP contribution is -2.57. The van der Waals surface area contributed by atoms with Crippen molar-refractivity contribution in [2.24, 2.45) is 17.8 Å². The minimum atomic E-state index is -2.34. The summed E-state index contributed by atoms with van der Waals surface area (Å²) in [6, 6.07) is 0. The topological polar surface area (TPSA) is 98.8 Å². The van der Waals surface area contributed by atoms with E-state index in [0.717, 1.165) is 0 Å². The van der Waals surface area contributed by atoms with Crippen molar-refractivity contribution < 1.29 is 42.1 Å². The average Bonchev–Trinajstić information content (AvgIpc) is 3.37. The molecule has 0 aromatic rings. The zero-order valence-electron chi connectivity index (χ0n) is 36.5. The van der Waals surface area contributed by atoms with E-state index in [1.165, 1.54) is 7.11 Å². The van der Waals surface area contributed by atoms with Gasteiger partial charge in [-0.25, -0.2) is 0 Å². The molecule has 0 N–H and O–H groups in total. The molecule has 298 valence electrons. The maximum atomic E-state index is 14.5. The van der Waals surface area contributed by atoms with Crippen molar-refractivity contribution in [2.45, 2.75) is 208 Å². The van der Waals surface area contributed by atoms with E-state index in [1.54, 1.807) is 0 Å². The van der Waals surface area contributed by atoms with Crippen LogP contribution in [0.25, 0.3) is 0 Å². The third-order valence-electron chi connectivity index (χ3n) is 12.2. The van der Waals surface area contributed by atoms with Crippen LogP contribution in [0.15, 0.2) is 11.6 Å². The van der Waals surface area contributed by atoms with Gasteiger partial charge in [0.1, 0.15) is 17.3 Å². The fraction of sp³-hybridized carbons (Fsp3) is 0.900. The molecule has 11 heteroatoms. The molecule has 2 aliphatic heterocycles.